The van der Waals surface area contributed by atoms with Gasteiger partial charge in [0.15, 0.2) is 0 Å². The van der Waals surface area contributed by atoms with Crippen LogP contribution in [-0.4, -0.2) is 37.2 Å². The van der Waals surface area contributed by atoms with Crippen molar-refractivity contribution in [3.63, 3.8) is 0 Å². The van der Waals surface area contributed by atoms with Gasteiger partial charge in [-0.3, -0.25) is 14.8 Å². The first kappa shape index (κ1) is 16.4. The van der Waals surface area contributed by atoms with E-state index >= 15 is 0 Å². The first-order chi connectivity index (χ1) is 12.5. The highest BCUT2D eigenvalue weighted by molar-refractivity contribution is 6.02. The van der Waals surface area contributed by atoms with Crippen LogP contribution in [0, 0.1) is 0 Å². The Morgan fingerprint density at radius 2 is 2.27 bits per heavy atom. The number of hydrogen-bond acceptors (Lipinski definition) is 5. The first-order valence-corrected chi connectivity index (χ1v) is 8.49. The van der Waals surface area contributed by atoms with Gasteiger partial charge in [0, 0.05) is 24.2 Å². The zero-order valence-electron chi connectivity index (χ0n) is 14.3. The second-order valence-electron chi connectivity index (χ2n) is 6.81. The Bertz CT molecular complexity index is 968. The van der Waals surface area contributed by atoms with Crippen molar-refractivity contribution >= 4 is 17.1 Å². The average molecular weight is 354 g/mol. The fourth-order valence-corrected chi connectivity index (χ4v) is 3.51. The van der Waals surface area contributed by atoms with E-state index in [0.717, 1.165) is 12.0 Å². The number of hydrogen-bond donors (Lipinski definition) is 2. The van der Waals surface area contributed by atoms with Gasteiger partial charge in [-0.25, -0.2) is 8.91 Å². The zero-order valence-corrected chi connectivity index (χ0v) is 14.3. The minimum Gasteiger partial charge on any atom is -0.377 e. The average Bonchev–Trinajstić information content (AvgIpc) is 3.19. The summed E-state index contributed by atoms with van der Waals surface area (Å²) in [4.78, 5) is 20.2. The molecule has 1 aliphatic carbocycles. The van der Waals surface area contributed by atoms with Crippen LogP contribution >= 0.6 is 0 Å². The Balaban J connectivity index is 1.84. The van der Waals surface area contributed by atoms with E-state index in [0.29, 0.717) is 29.7 Å². The number of nitrogens with two attached hydrogens (primary N) is 1. The Morgan fingerprint density at radius 3 is 2.92 bits per heavy atom. The van der Waals surface area contributed by atoms with Crippen LogP contribution in [0.15, 0.2) is 37.1 Å². The lowest BCUT2D eigenvalue weighted by molar-refractivity contribution is 0.1000. The van der Waals surface area contributed by atoms with Gasteiger partial charge >= 0.3 is 0 Å². The highest BCUT2D eigenvalue weighted by Gasteiger charge is 2.39. The molecule has 0 saturated heterocycles. The number of amides is 1. The Labute approximate surface area is 149 Å². The second kappa shape index (κ2) is 6.05. The van der Waals surface area contributed by atoms with E-state index in [1.54, 1.807) is 36.2 Å². The quantitative estimate of drug-likeness (QED) is 0.750. The van der Waals surface area contributed by atoms with Crippen molar-refractivity contribution in [2.75, 3.05) is 5.32 Å². The van der Waals surface area contributed by atoms with E-state index in [2.05, 4.69) is 20.4 Å². The van der Waals surface area contributed by atoms with Gasteiger partial charge in [0.25, 0.3) is 5.91 Å². The second-order valence-corrected chi connectivity index (χ2v) is 6.81. The molecule has 4 rings (SSSR count). The fourth-order valence-electron chi connectivity index (χ4n) is 3.51. The molecule has 0 radical (unpaired) electrons. The lowest BCUT2D eigenvalue weighted by Crippen LogP contribution is -2.36. The minimum absolute atomic E-state index is 0.240. The summed E-state index contributed by atoms with van der Waals surface area (Å²) in [6.45, 7) is 1.59. The molecule has 3 aromatic rings. The molecule has 1 saturated carbocycles. The van der Waals surface area contributed by atoms with Crippen molar-refractivity contribution in [2.45, 2.75) is 37.9 Å². The molecule has 8 heteroatoms. The number of alkyl halides is 1. The van der Waals surface area contributed by atoms with Crippen molar-refractivity contribution in [3.05, 3.63) is 42.6 Å². The molecule has 0 spiro atoms. The standard InChI is InChI=1S/C18H19FN6O/c1-18(19)4-2-3-15(18)24-16-12(17(20)26)8-23-25-10-11(7-14(16)25)13-9-21-5-6-22-13/h5-10,15,24H,2-4H2,1H3,(H2,20,26)/t15-,18+/m1/s1. The SMILES string of the molecule is C[C@]1(F)CCC[C@H]1Nc1c(C(N)=O)cnn2cc(-c3cnccn3)cc12. The van der Waals surface area contributed by atoms with Gasteiger partial charge in [-0.2, -0.15) is 5.10 Å². The monoisotopic (exact) mass is 354 g/mol. The predicted octanol–water partition coefficient (Wildman–Crippen LogP) is 2.58. The number of fused-ring (bicyclic) bond motifs is 1. The summed E-state index contributed by atoms with van der Waals surface area (Å²) in [5.41, 5.74) is 7.04. The van der Waals surface area contributed by atoms with Gasteiger partial charge in [0.1, 0.15) is 5.67 Å². The third-order valence-electron chi connectivity index (χ3n) is 4.97. The van der Waals surface area contributed by atoms with Crippen molar-refractivity contribution in [1.82, 2.24) is 19.6 Å². The number of primary amides is 1. The number of halogens is 1. The van der Waals surface area contributed by atoms with Crippen LogP contribution in [0.4, 0.5) is 10.1 Å². The molecule has 7 nitrogen and oxygen atoms in total. The lowest BCUT2D eigenvalue weighted by Gasteiger charge is -2.26. The Morgan fingerprint density at radius 1 is 1.42 bits per heavy atom. The summed E-state index contributed by atoms with van der Waals surface area (Å²) in [5.74, 6) is -0.608. The number of anilines is 1. The molecule has 134 valence electrons. The van der Waals surface area contributed by atoms with Gasteiger partial charge in [-0.15, -0.1) is 0 Å². The van der Waals surface area contributed by atoms with E-state index in [-0.39, 0.29) is 11.6 Å². The van der Waals surface area contributed by atoms with Crippen LogP contribution in [0.1, 0.15) is 36.5 Å². The maximum atomic E-state index is 14.7. The molecule has 0 aromatic carbocycles. The predicted molar refractivity (Wildman–Crippen MR) is 95.5 cm³/mol. The summed E-state index contributed by atoms with van der Waals surface area (Å²) in [5, 5.41) is 7.47. The van der Waals surface area contributed by atoms with Crippen LogP contribution in [0.3, 0.4) is 0 Å². The summed E-state index contributed by atoms with van der Waals surface area (Å²) >= 11 is 0. The number of rotatable bonds is 4. The van der Waals surface area contributed by atoms with Gasteiger partial charge in [-0.1, -0.05) is 0 Å². The first-order valence-electron chi connectivity index (χ1n) is 8.49. The van der Waals surface area contributed by atoms with Gasteiger partial charge < -0.3 is 11.1 Å². The largest absolute Gasteiger partial charge is 0.377 e. The highest BCUT2D eigenvalue weighted by atomic mass is 19.1. The number of carbonyl (C=O) groups is 1. The van der Waals surface area contributed by atoms with E-state index in [4.69, 9.17) is 5.73 Å². The number of carbonyl (C=O) groups excluding carboxylic acids is 1. The molecule has 26 heavy (non-hydrogen) atoms. The number of aromatic nitrogens is 4. The third-order valence-corrected chi connectivity index (χ3v) is 4.97. The minimum atomic E-state index is -1.34. The van der Waals surface area contributed by atoms with Crippen LogP contribution in [0.2, 0.25) is 0 Å². The zero-order chi connectivity index (χ0) is 18.3. The van der Waals surface area contributed by atoms with Gasteiger partial charge in [0.2, 0.25) is 0 Å². The normalized spacial score (nSPS) is 22.6. The maximum absolute atomic E-state index is 14.7. The third kappa shape index (κ3) is 2.77. The van der Waals surface area contributed by atoms with Crippen molar-refractivity contribution in [2.24, 2.45) is 5.73 Å². The Kier molecular flexibility index (Phi) is 3.82. The molecular formula is C18H19FN6O. The summed E-state index contributed by atoms with van der Waals surface area (Å²) in [7, 11) is 0. The van der Waals surface area contributed by atoms with Crippen molar-refractivity contribution in [3.8, 4) is 11.3 Å². The molecule has 1 fully saturated rings. The van der Waals surface area contributed by atoms with E-state index in [9.17, 15) is 9.18 Å². The van der Waals surface area contributed by atoms with Crippen LogP contribution in [0.25, 0.3) is 16.8 Å². The molecule has 3 heterocycles. The van der Waals surface area contributed by atoms with E-state index in [1.807, 2.05) is 6.07 Å². The maximum Gasteiger partial charge on any atom is 0.252 e. The molecule has 0 bridgehead atoms. The van der Waals surface area contributed by atoms with Crippen molar-refractivity contribution < 1.29 is 9.18 Å². The Hall–Kier alpha value is -3.03. The molecule has 0 unspecified atom stereocenters. The highest BCUT2D eigenvalue weighted by Crippen LogP contribution is 2.37. The van der Waals surface area contributed by atoms with Crippen LogP contribution < -0.4 is 11.1 Å². The van der Waals surface area contributed by atoms with E-state index in [1.165, 1.54) is 6.20 Å². The fraction of sp³-hybridized carbons (Fsp3) is 0.333. The molecule has 1 amide bonds. The van der Waals surface area contributed by atoms with Crippen LogP contribution in [-0.2, 0) is 0 Å². The number of nitrogens with zero attached hydrogens (tertiary/aromatic N) is 4. The lowest BCUT2D eigenvalue weighted by atomic mass is 10.0. The summed E-state index contributed by atoms with van der Waals surface area (Å²) in [6, 6.07) is 1.46. The summed E-state index contributed by atoms with van der Waals surface area (Å²) in [6.07, 6.45) is 10.0. The van der Waals surface area contributed by atoms with E-state index < -0.39 is 11.6 Å². The molecule has 0 aliphatic heterocycles. The molecule has 3 aromatic heterocycles. The molecule has 1 aliphatic rings. The molecule has 3 N–H and O–H groups in total. The summed E-state index contributed by atoms with van der Waals surface area (Å²) < 4.78 is 16.4. The van der Waals surface area contributed by atoms with Gasteiger partial charge in [0.05, 0.1) is 40.9 Å². The molecular weight excluding hydrogens is 335 g/mol. The molecule has 2 atom stereocenters. The van der Waals surface area contributed by atoms with Gasteiger partial charge in [-0.05, 0) is 32.3 Å². The topological polar surface area (TPSA) is 98.2 Å². The van der Waals surface area contributed by atoms with Crippen molar-refractivity contribution in [1.29, 1.82) is 0 Å². The van der Waals surface area contributed by atoms with Crippen LogP contribution in [0.5, 0.6) is 0 Å². The smallest absolute Gasteiger partial charge is 0.252 e. The number of nitrogens with one attached hydrogen (secondary N) is 1.